The molecule has 0 aliphatic heterocycles. The number of allylic oxidation sites excluding steroid dienone is 2. The van der Waals surface area contributed by atoms with Crippen LogP contribution in [0.3, 0.4) is 0 Å². The van der Waals surface area contributed by atoms with Gasteiger partial charge < -0.3 is 5.11 Å². The molecule has 64 valence electrons. The SMILES string of the molecule is CC(C)=C(C)c1ccccc1O. The Kier molecular flexibility index (Phi) is 2.54. The zero-order valence-electron chi connectivity index (χ0n) is 7.76. The van der Waals surface area contributed by atoms with Crippen LogP contribution < -0.4 is 0 Å². The van der Waals surface area contributed by atoms with Crippen molar-refractivity contribution in [1.29, 1.82) is 0 Å². The number of para-hydroxylation sites is 1. The normalized spacial score (nSPS) is 9.58. The van der Waals surface area contributed by atoms with E-state index < -0.39 is 0 Å². The standard InChI is InChI=1S/C11H14O/c1-8(2)9(3)10-6-4-5-7-11(10)12/h4-7,12H,1-3H3. The summed E-state index contributed by atoms with van der Waals surface area (Å²) in [6.07, 6.45) is 0. The molecule has 12 heavy (non-hydrogen) atoms. The van der Waals surface area contributed by atoms with Crippen LogP contribution in [0.2, 0.25) is 0 Å². The summed E-state index contributed by atoms with van der Waals surface area (Å²) >= 11 is 0. The Hall–Kier alpha value is -1.24. The Morgan fingerprint density at radius 1 is 1.08 bits per heavy atom. The monoisotopic (exact) mass is 162 g/mol. The molecular formula is C11H14O. The van der Waals surface area contributed by atoms with Gasteiger partial charge in [0.15, 0.2) is 0 Å². The highest BCUT2D eigenvalue weighted by molar-refractivity contribution is 5.70. The lowest BCUT2D eigenvalue weighted by Gasteiger charge is -2.05. The van der Waals surface area contributed by atoms with Crippen LogP contribution >= 0.6 is 0 Å². The highest BCUT2D eigenvalue weighted by atomic mass is 16.3. The van der Waals surface area contributed by atoms with E-state index in [1.54, 1.807) is 6.07 Å². The fourth-order valence-electron chi connectivity index (χ4n) is 1.06. The van der Waals surface area contributed by atoms with Crippen LogP contribution in [0.1, 0.15) is 26.3 Å². The Morgan fingerprint density at radius 3 is 2.17 bits per heavy atom. The van der Waals surface area contributed by atoms with Crippen LogP contribution in [0, 0.1) is 0 Å². The van der Waals surface area contributed by atoms with E-state index in [9.17, 15) is 5.11 Å². The number of phenolic OH excluding ortho intramolecular Hbond substituents is 1. The molecule has 0 bridgehead atoms. The van der Waals surface area contributed by atoms with E-state index in [1.807, 2.05) is 39.0 Å². The first-order valence-corrected chi connectivity index (χ1v) is 4.05. The van der Waals surface area contributed by atoms with Crippen molar-refractivity contribution in [1.82, 2.24) is 0 Å². The summed E-state index contributed by atoms with van der Waals surface area (Å²) in [5, 5.41) is 9.50. The molecule has 1 aromatic carbocycles. The fourth-order valence-corrected chi connectivity index (χ4v) is 1.06. The summed E-state index contributed by atoms with van der Waals surface area (Å²) in [6, 6.07) is 7.40. The minimum Gasteiger partial charge on any atom is -0.507 e. The summed E-state index contributed by atoms with van der Waals surface area (Å²) in [7, 11) is 0. The molecule has 0 amide bonds. The lowest BCUT2D eigenvalue weighted by molar-refractivity contribution is 0.473. The third-order valence-corrected chi connectivity index (χ3v) is 2.06. The van der Waals surface area contributed by atoms with Crippen molar-refractivity contribution >= 4 is 5.57 Å². The molecule has 1 heteroatoms. The Morgan fingerprint density at radius 2 is 1.67 bits per heavy atom. The number of aromatic hydroxyl groups is 1. The quantitative estimate of drug-likeness (QED) is 0.672. The third kappa shape index (κ3) is 1.67. The molecule has 0 saturated heterocycles. The zero-order chi connectivity index (χ0) is 9.14. The van der Waals surface area contributed by atoms with Crippen molar-refractivity contribution in [2.45, 2.75) is 20.8 Å². The number of phenols is 1. The third-order valence-electron chi connectivity index (χ3n) is 2.06. The average Bonchev–Trinajstić information content (AvgIpc) is 2.04. The van der Waals surface area contributed by atoms with E-state index in [0.29, 0.717) is 5.75 Å². The van der Waals surface area contributed by atoms with Crippen molar-refractivity contribution in [2.24, 2.45) is 0 Å². The molecule has 1 nitrogen and oxygen atoms in total. The van der Waals surface area contributed by atoms with Gasteiger partial charge in [0.25, 0.3) is 0 Å². The van der Waals surface area contributed by atoms with Crippen molar-refractivity contribution in [3.05, 3.63) is 35.4 Å². The van der Waals surface area contributed by atoms with E-state index >= 15 is 0 Å². The summed E-state index contributed by atoms with van der Waals surface area (Å²) in [5.74, 6) is 0.358. The van der Waals surface area contributed by atoms with Crippen LogP contribution in [0.15, 0.2) is 29.8 Å². The first-order chi connectivity index (χ1) is 5.63. The highest BCUT2D eigenvalue weighted by Crippen LogP contribution is 2.25. The molecule has 0 aliphatic rings. The molecule has 0 fully saturated rings. The van der Waals surface area contributed by atoms with Gasteiger partial charge in [-0.3, -0.25) is 0 Å². The van der Waals surface area contributed by atoms with Crippen molar-refractivity contribution < 1.29 is 5.11 Å². The molecule has 0 saturated carbocycles. The summed E-state index contributed by atoms with van der Waals surface area (Å²) < 4.78 is 0. The number of benzene rings is 1. The minimum absolute atomic E-state index is 0.358. The maximum atomic E-state index is 9.50. The van der Waals surface area contributed by atoms with Gasteiger partial charge in [-0.05, 0) is 32.4 Å². The first kappa shape index (κ1) is 8.85. The molecule has 0 radical (unpaired) electrons. The largest absolute Gasteiger partial charge is 0.507 e. The van der Waals surface area contributed by atoms with Gasteiger partial charge in [0.1, 0.15) is 5.75 Å². The number of hydrogen-bond acceptors (Lipinski definition) is 1. The Bertz CT molecular complexity index is 307. The summed E-state index contributed by atoms with van der Waals surface area (Å²) in [6.45, 7) is 6.11. The van der Waals surface area contributed by atoms with Gasteiger partial charge in [-0.25, -0.2) is 0 Å². The van der Waals surface area contributed by atoms with Gasteiger partial charge in [0, 0.05) is 5.56 Å². The minimum atomic E-state index is 0.358. The van der Waals surface area contributed by atoms with Crippen LogP contribution in [0.4, 0.5) is 0 Å². The van der Waals surface area contributed by atoms with Crippen molar-refractivity contribution in [3.8, 4) is 5.75 Å². The lowest BCUT2D eigenvalue weighted by atomic mass is 10.0. The van der Waals surface area contributed by atoms with E-state index in [2.05, 4.69) is 0 Å². The Labute approximate surface area is 73.4 Å². The first-order valence-electron chi connectivity index (χ1n) is 4.05. The van der Waals surface area contributed by atoms with Crippen LogP contribution in [-0.2, 0) is 0 Å². The molecule has 0 aromatic heterocycles. The van der Waals surface area contributed by atoms with Gasteiger partial charge in [-0.2, -0.15) is 0 Å². The summed E-state index contributed by atoms with van der Waals surface area (Å²) in [4.78, 5) is 0. The van der Waals surface area contributed by atoms with Crippen LogP contribution in [0.5, 0.6) is 5.75 Å². The van der Waals surface area contributed by atoms with E-state index in [4.69, 9.17) is 0 Å². The van der Waals surface area contributed by atoms with Gasteiger partial charge >= 0.3 is 0 Å². The molecular weight excluding hydrogens is 148 g/mol. The molecule has 0 unspecified atom stereocenters. The Balaban J connectivity index is 3.21. The molecule has 0 aliphatic carbocycles. The second-order valence-corrected chi connectivity index (χ2v) is 3.14. The smallest absolute Gasteiger partial charge is 0.123 e. The van der Waals surface area contributed by atoms with Crippen LogP contribution in [0.25, 0.3) is 5.57 Å². The molecule has 0 spiro atoms. The molecule has 1 aromatic rings. The van der Waals surface area contributed by atoms with E-state index in [-0.39, 0.29) is 0 Å². The highest BCUT2D eigenvalue weighted by Gasteiger charge is 2.01. The summed E-state index contributed by atoms with van der Waals surface area (Å²) in [5.41, 5.74) is 3.31. The predicted molar refractivity (Wildman–Crippen MR) is 52.0 cm³/mol. The molecule has 1 N–H and O–H groups in total. The molecule has 0 atom stereocenters. The van der Waals surface area contributed by atoms with Gasteiger partial charge in [-0.15, -0.1) is 0 Å². The second kappa shape index (κ2) is 3.44. The maximum absolute atomic E-state index is 9.50. The van der Waals surface area contributed by atoms with E-state index in [0.717, 1.165) is 11.1 Å². The van der Waals surface area contributed by atoms with Gasteiger partial charge in [-0.1, -0.05) is 23.8 Å². The van der Waals surface area contributed by atoms with Crippen molar-refractivity contribution in [2.75, 3.05) is 0 Å². The van der Waals surface area contributed by atoms with Crippen LogP contribution in [-0.4, -0.2) is 5.11 Å². The lowest BCUT2D eigenvalue weighted by Crippen LogP contribution is -1.82. The average molecular weight is 162 g/mol. The van der Waals surface area contributed by atoms with Gasteiger partial charge in [0.2, 0.25) is 0 Å². The number of hydrogen-bond donors (Lipinski definition) is 1. The predicted octanol–water partition coefficient (Wildman–Crippen LogP) is 3.21. The second-order valence-electron chi connectivity index (χ2n) is 3.14. The van der Waals surface area contributed by atoms with Crippen molar-refractivity contribution in [3.63, 3.8) is 0 Å². The topological polar surface area (TPSA) is 20.2 Å². The fraction of sp³-hybridized carbons (Fsp3) is 0.273. The zero-order valence-corrected chi connectivity index (χ0v) is 7.76. The van der Waals surface area contributed by atoms with Gasteiger partial charge in [0.05, 0.1) is 0 Å². The number of rotatable bonds is 1. The maximum Gasteiger partial charge on any atom is 0.123 e. The van der Waals surface area contributed by atoms with E-state index in [1.165, 1.54) is 5.57 Å². The molecule has 0 heterocycles. The molecule has 1 rings (SSSR count).